The lowest BCUT2D eigenvalue weighted by atomic mass is 9.95. The Kier molecular flexibility index (Phi) is 4.55. The predicted molar refractivity (Wildman–Crippen MR) is 79.4 cm³/mol. The van der Waals surface area contributed by atoms with Gasteiger partial charge in [-0.1, -0.05) is 22.9 Å². The van der Waals surface area contributed by atoms with Gasteiger partial charge in [0.15, 0.2) is 0 Å². The molecule has 0 saturated carbocycles. The van der Waals surface area contributed by atoms with Gasteiger partial charge in [-0.3, -0.25) is 10.1 Å². The van der Waals surface area contributed by atoms with Crippen LogP contribution in [0.5, 0.6) is 0 Å². The molecule has 0 fully saturated rings. The van der Waals surface area contributed by atoms with Gasteiger partial charge in [-0.2, -0.15) is 13.2 Å². The van der Waals surface area contributed by atoms with Crippen molar-refractivity contribution in [3.05, 3.63) is 62.1 Å². The maximum absolute atomic E-state index is 12.9. The number of nitro benzene ring substituents is 1. The Bertz CT molecular complexity index is 729. The topological polar surface area (TPSA) is 43.1 Å². The highest BCUT2D eigenvalue weighted by Crippen LogP contribution is 2.38. The standard InChI is InChI=1S/C15H10BrF3NO2/c1-2-9-3-4-10(15(17,18)19)7-12(9)13-8-11(20(21)22)5-6-14(13)16/h4-8H,2H2,1H3. The summed E-state index contributed by atoms with van der Waals surface area (Å²) >= 11 is 3.24. The van der Waals surface area contributed by atoms with Gasteiger partial charge in [0.1, 0.15) is 0 Å². The van der Waals surface area contributed by atoms with Crippen LogP contribution < -0.4 is 0 Å². The minimum absolute atomic E-state index is 0.183. The number of halogens is 4. The monoisotopic (exact) mass is 372 g/mol. The Hall–Kier alpha value is -1.89. The number of hydrogen-bond acceptors (Lipinski definition) is 2. The van der Waals surface area contributed by atoms with Gasteiger partial charge in [0.2, 0.25) is 0 Å². The van der Waals surface area contributed by atoms with E-state index in [-0.39, 0.29) is 11.3 Å². The molecule has 0 unspecified atom stereocenters. The Morgan fingerprint density at radius 2 is 1.95 bits per heavy atom. The SMILES string of the molecule is CCc1[c]cc(C(F)(F)F)cc1-c1cc([N+](=O)[O-])ccc1Br. The van der Waals surface area contributed by atoms with Crippen LogP contribution in [0.1, 0.15) is 18.1 Å². The molecule has 1 radical (unpaired) electrons. The first-order valence-corrected chi connectivity index (χ1v) is 7.09. The molecular weight excluding hydrogens is 363 g/mol. The Morgan fingerprint density at radius 3 is 2.50 bits per heavy atom. The van der Waals surface area contributed by atoms with E-state index >= 15 is 0 Å². The van der Waals surface area contributed by atoms with Crippen LogP contribution in [0.3, 0.4) is 0 Å². The summed E-state index contributed by atoms with van der Waals surface area (Å²) < 4.78 is 39.1. The minimum Gasteiger partial charge on any atom is -0.258 e. The normalized spacial score (nSPS) is 11.5. The average Bonchev–Trinajstić information content (AvgIpc) is 2.46. The first kappa shape index (κ1) is 16.5. The van der Waals surface area contributed by atoms with Crippen molar-refractivity contribution in [3.63, 3.8) is 0 Å². The molecule has 0 heterocycles. The van der Waals surface area contributed by atoms with E-state index in [0.717, 1.165) is 12.1 Å². The van der Waals surface area contributed by atoms with Crippen LogP contribution >= 0.6 is 15.9 Å². The summed E-state index contributed by atoms with van der Waals surface area (Å²) in [5, 5.41) is 10.9. The van der Waals surface area contributed by atoms with E-state index in [1.165, 1.54) is 18.2 Å². The predicted octanol–water partition coefficient (Wildman–Crippen LogP) is 5.41. The van der Waals surface area contributed by atoms with Crippen LogP contribution in [0.4, 0.5) is 18.9 Å². The van der Waals surface area contributed by atoms with Gasteiger partial charge in [-0.05, 0) is 41.8 Å². The van der Waals surface area contributed by atoms with Gasteiger partial charge in [-0.25, -0.2) is 0 Å². The average molecular weight is 373 g/mol. The van der Waals surface area contributed by atoms with Gasteiger partial charge < -0.3 is 0 Å². The lowest BCUT2D eigenvalue weighted by Crippen LogP contribution is -2.06. The molecule has 0 atom stereocenters. The van der Waals surface area contributed by atoms with E-state index < -0.39 is 16.7 Å². The number of aryl methyl sites for hydroxylation is 1. The maximum atomic E-state index is 12.9. The quantitative estimate of drug-likeness (QED) is 0.534. The number of nitrogens with zero attached hydrogens (tertiary/aromatic N) is 1. The molecule has 2 aromatic carbocycles. The van der Waals surface area contributed by atoms with Crippen molar-refractivity contribution < 1.29 is 18.1 Å². The highest BCUT2D eigenvalue weighted by atomic mass is 79.9. The molecule has 0 saturated heterocycles. The highest BCUT2D eigenvalue weighted by molar-refractivity contribution is 9.10. The molecule has 7 heteroatoms. The molecule has 22 heavy (non-hydrogen) atoms. The number of hydrogen-bond donors (Lipinski definition) is 0. The molecule has 115 valence electrons. The van der Waals surface area contributed by atoms with Crippen LogP contribution in [0.2, 0.25) is 0 Å². The second-order valence-electron chi connectivity index (χ2n) is 4.55. The second kappa shape index (κ2) is 6.08. The first-order valence-electron chi connectivity index (χ1n) is 6.30. The lowest BCUT2D eigenvalue weighted by Gasteiger charge is -2.13. The number of nitro groups is 1. The third-order valence-electron chi connectivity index (χ3n) is 3.16. The summed E-state index contributed by atoms with van der Waals surface area (Å²) in [6, 6.07) is 8.52. The van der Waals surface area contributed by atoms with Crippen LogP contribution in [-0.4, -0.2) is 4.92 Å². The lowest BCUT2D eigenvalue weighted by molar-refractivity contribution is -0.384. The molecule has 0 amide bonds. The van der Waals surface area contributed by atoms with Crippen LogP contribution in [0.15, 0.2) is 34.8 Å². The van der Waals surface area contributed by atoms with Crippen molar-refractivity contribution in [2.45, 2.75) is 19.5 Å². The first-order chi connectivity index (χ1) is 10.2. The smallest absolute Gasteiger partial charge is 0.258 e. The molecule has 0 aliphatic carbocycles. The second-order valence-corrected chi connectivity index (χ2v) is 5.41. The van der Waals surface area contributed by atoms with Crippen molar-refractivity contribution >= 4 is 21.6 Å². The summed E-state index contributed by atoms with van der Waals surface area (Å²) in [4.78, 5) is 10.3. The molecule has 2 aromatic rings. The number of rotatable bonds is 3. The van der Waals surface area contributed by atoms with Crippen LogP contribution in [-0.2, 0) is 12.6 Å². The van der Waals surface area contributed by atoms with E-state index in [0.29, 0.717) is 22.0 Å². The molecule has 2 rings (SSSR count). The molecule has 0 aliphatic rings. The Balaban J connectivity index is 2.70. The van der Waals surface area contributed by atoms with E-state index in [1.807, 2.05) is 0 Å². The third-order valence-corrected chi connectivity index (χ3v) is 3.85. The van der Waals surface area contributed by atoms with Crippen molar-refractivity contribution in [3.8, 4) is 11.1 Å². The van der Waals surface area contributed by atoms with E-state index in [4.69, 9.17) is 0 Å². The fourth-order valence-electron chi connectivity index (χ4n) is 2.06. The van der Waals surface area contributed by atoms with E-state index in [2.05, 4.69) is 22.0 Å². The molecule has 0 aliphatic heterocycles. The zero-order chi connectivity index (χ0) is 16.5. The van der Waals surface area contributed by atoms with Crippen molar-refractivity contribution in [1.82, 2.24) is 0 Å². The molecular formula is C15H10BrF3NO2. The van der Waals surface area contributed by atoms with Gasteiger partial charge in [0.05, 0.1) is 10.5 Å². The summed E-state index contributed by atoms with van der Waals surface area (Å²) in [6.45, 7) is 1.79. The summed E-state index contributed by atoms with van der Waals surface area (Å²) in [6.07, 6.45) is -4.03. The minimum atomic E-state index is -4.50. The zero-order valence-electron chi connectivity index (χ0n) is 11.4. The molecule has 0 aromatic heterocycles. The Labute approximate surface area is 133 Å². The van der Waals surface area contributed by atoms with Gasteiger partial charge in [0.25, 0.3) is 5.69 Å². The molecule has 0 N–H and O–H groups in total. The van der Waals surface area contributed by atoms with Crippen molar-refractivity contribution in [2.24, 2.45) is 0 Å². The Morgan fingerprint density at radius 1 is 1.27 bits per heavy atom. The van der Waals surface area contributed by atoms with Crippen LogP contribution in [0.25, 0.3) is 11.1 Å². The number of benzene rings is 2. The van der Waals surface area contributed by atoms with Gasteiger partial charge in [-0.15, -0.1) is 0 Å². The number of alkyl halides is 3. The summed E-state index contributed by atoms with van der Waals surface area (Å²) in [7, 11) is 0. The van der Waals surface area contributed by atoms with Gasteiger partial charge >= 0.3 is 6.18 Å². The summed E-state index contributed by atoms with van der Waals surface area (Å²) in [5.74, 6) is 0. The van der Waals surface area contributed by atoms with E-state index in [1.54, 1.807) is 6.92 Å². The van der Waals surface area contributed by atoms with Gasteiger partial charge in [0, 0.05) is 22.2 Å². The molecule has 3 nitrogen and oxygen atoms in total. The van der Waals surface area contributed by atoms with Crippen molar-refractivity contribution in [1.29, 1.82) is 0 Å². The largest absolute Gasteiger partial charge is 0.416 e. The van der Waals surface area contributed by atoms with Crippen LogP contribution in [0, 0.1) is 16.2 Å². The van der Waals surface area contributed by atoms with E-state index in [9.17, 15) is 23.3 Å². The fraction of sp³-hybridized carbons (Fsp3) is 0.200. The highest BCUT2D eigenvalue weighted by Gasteiger charge is 2.31. The third kappa shape index (κ3) is 3.30. The summed E-state index contributed by atoms with van der Waals surface area (Å²) in [5.41, 5.74) is 0.172. The number of non-ortho nitro benzene ring substituents is 1. The fourth-order valence-corrected chi connectivity index (χ4v) is 2.52. The molecule has 0 spiro atoms. The maximum Gasteiger partial charge on any atom is 0.416 e. The zero-order valence-corrected chi connectivity index (χ0v) is 13.0. The van der Waals surface area contributed by atoms with Crippen molar-refractivity contribution in [2.75, 3.05) is 0 Å². The molecule has 0 bridgehead atoms.